The van der Waals surface area contributed by atoms with Crippen molar-refractivity contribution in [3.63, 3.8) is 0 Å². The summed E-state index contributed by atoms with van der Waals surface area (Å²) in [6, 6.07) is 2.54. The highest BCUT2D eigenvalue weighted by Crippen LogP contribution is 2.54. The molecule has 1 fully saturated rings. The van der Waals surface area contributed by atoms with Gasteiger partial charge < -0.3 is 24.3 Å². The van der Waals surface area contributed by atoms with Gasteiger partial charge in [0, 0.05) is 41.6 Å². The summed E-state index contributed by atoms with van der Waals surface area (Å²) in [5, 5.41) is 0.479. The Balaban J connectivity index is 1.43. The van der Waals surface area contributed by atoms with Crippen LogP contribution in [-0.4, -0.2) is 59.4 Å². The van der Waals surface area contributed by atoms with Crippen LogP contribution in [0.3, 0.4) is 0 Å². The topological polar surface area (TPSA) is 74.9 Å². The monoisotopic (exact) mass is 545 g/mol. The fourth-order valence-corrected chi connectivity index (χ4v) is 7.18. The highest BCUT2D eigenvalue weighted by atomic mass is 35.5. The van der Waals surface area contributed by atoms with E-state index in [1.165, 1.54) is 11.8 Å². The van der Waals surface area contributed by atoms with E-state index in [0.717, 1.165) is 47.4 Å². The molecule has 2 aromatic rings. The van der Waals surface area contributed by atoms with E-state index in [1.807, 2.05) is 33.1 Å². The minimum Gasteiger partial charge on any atom is -0.448 e. The zero-order valence-electron chi connectivity index (χ0n) is 22.5. The van der Waals surface area contributed by atoms with Crippen LogP contribution in [-0.2, 0) is 13.0 Å². The SMILES string of the molecule is CSc1cc(C)[nH]c(=O)c1CN1CCc2c(Cl)c3c(c(C)c2C1=O)O[C@](C)(C1CCC(N(C)C)CC1)O3. The van der Waals surface area contributed by atoms with E-state index in [1.54, 1.807) is 4.90 Å². The summed E-state index contributed by atoms with van der Waals surface area (Å²) in [4.78, 5) is 34.3. The molecule has 1 aliphatic carbocycles. The minimum absolute atomic E-state index is 0.126. The number of aryl methyl sites for hydroxylation is 1. The molecule has 200 valence electrons. The third-order valence-corrected chi connectivity index (χ3v) is 9.60. The second-order valence-corrected chi connectivity index (χ2v) is 12.2. The van der Waals surface area contributed by atoms with E-state index in [4.69, 9.17) is 21.1 Å². The number of benzene rings is 1. The third kappa shape index (κ3) is 4.55. The quantitative estimate of drug-likeness (QED) is 0.522. The molecule has 1 saturated carbocycles. The summed E-state index contributed by atoms with van der Waals surface area (Å²) < 4.78 is 13.0. The second-order valence-electron chi connectivity index (χ2n) is 10.9. The maximum atomic E-state index is 13.8. The first-order valence-electron chi connectivity index (χ1n) is 13.0. The van der Waals surface area contributed by atoms with E-state index in [-0.39, 0.29) is 23.9 Å². The largest absolute Gasteiger partial charge is 0.448 e. The molecule has 5 rings (SSSR count). The van der Waals surface area contributed by atoms with Crippen LogP contribution in [0.4, 0.5) is 0 Å². The molecule has 3 heterocycles. The normalized spacial score (nSPS) is 25.1. The van der Waals surface area contributed by atoms with Crippen molar-refractivity contribution in [2.24, 2.45) is 5.92 Å². The molecular formula is C28H36ClN3O4S. The van der Waals surface area contributed by atoms with E-state index < -0.39 is 5.79 Å². The van der Waals surface area contributed by atoms with Gasteiger partial charge in [-0.1, -0.05) is 11.6 Å². The van der Waals surface area contributed by atoms with Gasteiger partial charge in [-0.05, 0) is 77.9 Å². The number of nitrogens with zero attached hydrogens (tertiary/aromatic N) is 2. The van der Waals surface area contributed by atoms with E-state index in [9.17, 15) is 9.59 Å². The molecule has 0 radical (unpaired) electrons. The van der Waals surface area contributed by atoms with Crippen LogP contribution in [0, 0.1) is 19.8 Å². The smallest absolute Gasteiger partial charge is 0.254 e. The molecule has 0 unspecified atom stereocenters. The third-order valence-electron chi connectivity index (χ3n) is 8.40. The van der Waals surface area contributed by atoms with Gasteiger partial charge in [0.05, 0.1) is 22.7 Å². The van der Waals surface area contributed by atoms with Gasteiger partial charge in [0.25, 0.3) is 17.3 Å². The van der Waals surface area contributed by atoms with Crippen molar-refractivity contribution in [2.45, 2.75) is 76.1 Å². The predicted molar refractivity (Wildman–Crippen MR) is 147 cm³/mol. The van der Waals surface area contributed by atoms with Crippen LogP contribution >= 0.6 is 23.4 Å². The predicted octanol–water partition coefficient (Wildman–Crippen LogP) is 5.17. The van der Waals surface area contributed by atoms with E-state index in [0.29, 0.717) is 46.7 Å². The summed E-state index contributed by atoms with van der Waals surface area (Å²) in [6.07, 6.45) is 6.77. The molecule has 1 amide bonds. The van der Waals surface area contributed by atoms with Crippen LogP contribution < -0.4 is 15.0 Å². The fraction of sp³-hybridized carbons (Fsp3) is 0.571. The van der Waals surface area contributed by atoms with Gasteiger partial charge >= 0.3 is 0 Å². The number of H-pyrrole nitrogens is 1. The molecule has 3 aliphatic rings. The Morgan fingerprint density at radius 1 is 1.16 bits per heavy atom. The van der Waals surface area contributed by atoms with E-state index >= 15 is 0 Å². The Morgan fingerprint density at radius 3 is 2.49 bits per heavy atom. The molecule has 1 N–H and O–H groups in total. The fourth-order valence-electron chi connectivity index (χ4n) is 6.17. The van der Waals surface area contributed by atoms with Crippen LogP contribution in [0.5, 0.6) is 11.5 Å². The summed E-state index contributed by atoms with van der Waals surface area (Å²) >= 11 is 8.42. The van der Waals surface area contributed by atoms with Gasteiger partial charge in [0.15, 0.2) is 11.5 Å². The Hall–Kier alpha value is -2.16. The first-order chi connectivity index (χ1) is 17.5. The number of pyridine rings is 1. The Labute approximate surface area is 227 Å². The summed E-state index contributed by atoms with van der Waals surface area (Å²) in [5.74, 6) is 0.460. The Kier molecular flexibility index (Phi) is 7.05. The second kappa shape index (κ2) is 9.86. The van der Waals surface area contributed by atoms with Crippen LogP contribution in [0.1, 0.15) is 65.3 Å². The van der Waals surface area contributed by atoms with Crippen LogP contribution in [0.25, 0.3) is 0 Å². The van der Waals surface area contributed by atoms with Crippen molar-refractivity contribution in [1.29, 1.82) is 0 Å². The van der Waals surface area contributed by atoms with Gasteiger partial charge in [0.2, 0.25) is 0 Å². The number of halogens is 1. The summed E-state index contributed by atoms with van der Waals surface area (Å²) in [7, 11) is 4.27. The number of thioether (sulfide) groups is 1. The van der Waals surface area contributed by atoms with Gasteiger partial charge in [-0.2, -0.15) is 0 Å². The number of amides is 1. The lowest BCUT2D eigenvalue weighted by Gasteiger charge is -2.39. The number of hydrogen-bond donors (Lipinski definition) is 1. The maximum Gasteiger partial charge on any atom is 0.254 e. The number of nitrogens with one attached hydrogen (secondary N) is 1. The number of rotatable bonds is 5. The molecule has 2 aliphatic heterocycles. The molecule has 1 atom stereocenters. The first kappa shape index (κ1) is 26.4. The lowest BCUT2D eigenvalue weighted by atomic mass is 9.81. The van der Waals surface area contributed by atoms with Crippen molar-refractivity contribution in [3.05, 3.63) is 49.4 Å². The molecule has 1 aromatic carbocycles. The number of aromatic amines is 1. The number of ether oxygens (including phenoxy) is 2. The van der Waals surface area contributed by atoms with Crippen molar-refractivity contribution in [1.82, 2.24) is 14.8 Å². The average Bonchev–Trinajstić information content (AvgIpc) is 3.24. The molecule has 1 aromatic heterocycles. The number of aromatic nitrogens is 1. The zero-order chi connectivity index (χ0) is 26.6. The molecular weight excluding hydrogens is 510 g/mol. The molecule has 0 spiro atoms. The number of fused-ring (bicyclic) bond motifs is 2. The van der Waals surface area contributed by atoms with Crippen molar-refractivity contribution >= 4 is 29.3 Å². The van der Waals surface area contributed by atoms with Crippen LogP contribution in [0.2, 0.25) is 5.02 Å². The number of hydrogen-bond acceptors (Lipinski definition) is 6. The first-order valence-corrected chi connectivity index (χ1v) is 14.6. The Morgan fingerprint density at radius 2 is 1.84 bits per heavy atom. The van der Waals surface area contributed by atoms with Crippen molar-refractivity contribution < 1.29 is 14.3 Å². The molecule has 0 saturated heterocycles. The zero-order valence-corrected chi connectivity index (χ0v) is 24.1. The highest BCUT2D eigenvalue weighted by molar-refractivity contribution is 7.98. The minimum atomic E-state index is -0.802. The standard InChI is InChI=1S/C28H36ClN3O4S/c1-15-13-21(37-6)20(26(33)30-15)14-32-12-11-19-22(27(32)34)16(2)24-25(23(19)29)36-28(3,35-24)17-7-9-18(10-8-17)31(4)5/h13,17-18H,7-12,14H2,1-6H3,(H,30,33)/t17?,18?,28-/m0/s1. The molecule has 9 heteroatoms. The van der Waals surface area contributed by atoms with Gasteiger partial charge in [0.1, 0.15) is 0 Å². The maximum absolute atomic E-state index is 13.8. The summed E-state index contributed by atoms with van der Waals surface area (Å²) in [5.41, 5.74) is 3.42. The van der Waals surface area contributed by atoms with Gasteiger partial charge in [-0.15, -0.1) is 11.8 Å². The Bertz CT molecular complexity index is 1300. The van der Waals surface area contributed by atoms with Gasteiger partial charge in [-0.3, -0.25) is 9.59 Å². The van der Waals surface area contributed by atoms with Gasteiger partial charge in [-0.25, -0.2) is 0 Å². The van der Waals surface area contributed by atoms with Crippen LogP contribution in [0.15, 0.2) is 15.8 Å². The lowest BCUT2D eigenvalue weighted by molar-refractivity contribution is -0.123. The van der Waals surface area contributed by atoms with E-state index in [2.05, 4.69) is 24.0 Å². The molecule has 37 heavy (non-hydrogen) atoms. The average molecular weight is 546 g/mol. The lowest BCUT2D eigenvalue weighted by Crippen LogP contribution is -2.46. The number of carbonyl (C=O) groups is 1. The van der Waals surface area contributed by atoms with Crippen molar-refractivity contribution in [3.8, 4) is 11.5 Å². The molecule has 0 bridgehead atoms. The molecule has 7 nitrogen and oxygen atoms in total. The number of carbonyl (C=O) groups excluding carboxylic acids is 1. The summed E-state index contributed by atoms with van der Waals surface area (Å²) in [6.45, 7) is 6.52. The highest BCUT2D eigenvalue weighted by Gasteiger charge is 2.48. The van der Waals surface area contributed by atoms with Crippen molar-refractivity contribution in [2.75, 3.05) is 26.9 Å².